The fraction of sp³-hybridized carbons (Fsp3) is 0.333. The second kappa shape index (κ2) is 5.27. The first-order chi connectivity index (χ1) is 7.81. The van der Waals surface area contributed by atoms with Crippen LogP contribution in [0.1, 0.15) is 5.69 Å². The van der Waals surface area contributed by atoms with Crippen molar-refractivity contribution in [3.8, 4) is 0 Å². The number of para-hydroxylation sites is 2. The van der Waals surface area contributed by atoms with Gasteiger partial charge in [0.2, 0.25) is 0 Å². The first kappa shape index (κ1) is 11.4. The van der Waals surface area contributed by atoms with Gasteiger partial charge in [-0.1, -0.05) is 12.1 Å². The summed E-state index contributed by atoms with van der Waals surface area (Å²) in [5.41, 5.74) is 2.89. The molecule has 0 fully saturated rings. The second-order valence-corrected chi connectivity index (χ2v) is 4.53. The summed E-state index contributed by atoms with van der Waals surface area (Å²) in [6.45, 7) is 2.73. The van der Waals surface area contributed by atoms with Gasteiger partial charge in [0.05, 0.1) is 23.3 Å². The number of nitrogens with zero attached hydrogens (tertiary/aromatic N) is 2. The molecule has 3 nitrogen and oxygen atoms in total. The maximum Gasteiger partial charge on any atom is 0.118 e. The lowest BCUT2D eigenvalue weighted by Crippen LogP contribution is -1.96. The average Bonchev–Trinajstić information content (AvgIpc) is 2.30. The molecule has 1 heterocycles. The van der Waals surface area contributed by atoms with Crippen LogP contribution in [0.25, 0.3) is 11.0 Å². The fourth-order valence-corrected chi connectivity index (χ4v) is 2.29. The summed E-state index contributed by atoms with van der Waals surface area (Å²) in [5, 5.41) is 0.996. The van der Waals surface area contributed by atoms with Crippen LogP contribution in [0.15, 0.2) is 29.3 Å². The van der Waals surface area contributed by atoms with Crippen LogP contribution in [0, 0.1) is 6.92 Å². The zero-order chi connectivity index (χ0) is 11.4. The molecule has 0 saturated carbocycles. The van der Waals surface area contributed by atoms with Gasteiger partial charge < -0.3 is 4.74 Å². The Balaban J connectivity index is 2.27. The van der Waals surface area contributed by atoms with E-state index in [1.807, 2.05) is 31.2 Å². The smallest absolute Gasteiger partial charge is 0.118 e. The lowest BCUT2D eigenvalue weighted by Gasteiger charge is -2.05. The molecule has 0 N–H and O–H groups in total. The first-order valence-corrected chi connectivity index (χ1v) is 6.15. The Morgan fingerprint density at radius 1 is 1.19 bits per heavy atom. The van der Waals surface area contributed by atoms with Gasteiger partial charge in [0, 0.05) is 12.9 Å². The van der Waals surface area contributed by atoms with Crippen molar-refractivity contribution in [2.75, 3.05) is 19.5 Å². The molecule has 0 atom stereocenters. The van der Waals surface area contributed by atoms with E-state index in [2.05, 4.69) is 9.97 Å². The SMILES string of the molecule is COCCSc1nc2ccccc2nc1C. The van der Waals surface area contributed by atoms with Gasteiger partial charge in [0.1, 0.15) is 5.03 Å². The van der Waals surface area contributed by atoms with Crippen molar-refractivity contribution >= 4 is 22.8 Å². The molecule has 4 heteroatoms. The van der Waals surface area contributed by atoms with Crippen LogP contribution in [0.5, 0.6) is 0 Å². The number of thioether (sulfide) groups is 1. The number of ether oxygens (including phenoxy) is 1. The van der Waals surface area contributed by atoms with E-state index < -0.39 is 0 Å². The maximum absolute atomic E-state index is 5.02. The molecule has 0 amide bonds. The van der Waals surface area contributed by atoms with Crippen molar-refractivity contribution < 1.29 is 4.74 Å². The lowest BCUT2D eigenvalue weighted by molar-refractivity contribution is 0.218. The van der Waals surface area contributed by atoms with Crippen molar-refractivity contribution in [3.63, 3.8) is 0 Å². The summed E-state index contributed by atoms with van der Waals surface area (Å²) in [5.74, 6) is 0.907. The van der Waals surface area contributed by atoms with Crippen molar-refractivity contribution in [3.05, 3.63) is 30.0 Å². The van der Waals surface area contributed by atoms with E-state index >= 15 is 0 Å². The van der Waals surface area contributed by atoms with Crippen LogP contribution in [-0.2, 0) is 4.74 Å². The highest BCUT2D eigenvalue weighted by Gasteiger charge is 2.04. The molecule has 0 unspecified atom stereocenters. The summed E-state index contributed by atoms with van der Waals surface area (Å²) in [6.07, 6.45) is 0. The highest BCUT2D eigenvalue weighted by Crippen LogP contribution is 2.21. The van der Waals surface area contributed by atoms with Crippen LogP contribution in [0.3, 0.4) is 0 Å². The standard InChI is InChI=1S/C12H14N2OS/c1-9-12(16-8-7-15-2)14-11-6-4-3-5-10(11)13-9/h3-6H,7-8H2,1-2H3. The molecular formula is C12H14N2OS. The average molecular weight is 234 g/mol. The molecular weight excluding hydrogens is 220 g/mol. The van der Waals surface area contributed by atoms with E-state index in [4.69, 9.17) is 4.74 Å². The molecule has 0 saturated heterocycles. The molecule has 1 aromatic carbocycles. The van der Waals surface area contributed by atoms with Gasteiger partial charge in [-0.25, -0.2) is 9.97 Å². The van der Waals surface area contributed by atoms with E-state index in [-0.39, 0.29) is 0 Å². The lowest BCUT2D eigenvalue weighted by atomic mass is 10.3. The van der Waals surface area contributed by atoms with Crippen molar-refractivity contribution in [1.29, 1.82) is 0 Å². The topological polar surface area (TPSA) is 35.0 Å². The third-order valence-electron chi connectivity index (χ3n) is 2.23. The van der Waals surface area contributed by atoms with Crippen LogP contribution >= 0.6 is 11.8 Å². The number of aryl methyl sites for hydroxylation is 1. The number of hydrogen-bond donors (Lipinski definition) is 0. The quantitative estimate of drug-likeness (QED) is 0.602. The van der Waals surface area contributed by atoms with Crippen LogP contribution in [0.2, 0.25) is 0 Å². The van der Waals surface area contributed by atoms with E-state index in [0.717, 1.165) is 34.1 Å². The molecule has 2 aromatic rings. The number of rotatable bonds is 4. The molecule has 0 aliphatic carbocycles. The Kier molecular flexibility index (Phi) is 3.74. The molecule has 16 heavy (non-hydrogen) atoms. The van der Waals surface area contributed by atoms with Gasteiger partial charge in [-0.15, -0.1) is 11.8 Å². The number of methoxy groups -OCH3 is 1. The van der Waals surface area contributed by atoms with Crippen LogP contribution in [0.4, 0.5) is 0 Å². The minimum Gasteiger partial charge on any atom is -0.384 e. The van der Waals surface area contributed by atoms with Crippen LogP contribution in [-0.4, -0.2) is 29.4 Å². The zero-order valence-electron chi connectivity index (χ0n) is 9.43. The summed E-state index contributed by atoms with van der Waals surface area (Å²) in [7, 11) is 1.71. The molecule has 84 valence electrons. The number of benzene rings is 1. The largest absolute Gasteiger partial charge is 0.384 e. The highest BCUT2D eigenvalue weighted by atomic mass is 32.2. The van der Waals surface area contributed by atoms with Gasteiger partial charge in [0.15, 0.2) is 0 Å². The molecule has 0 aliphatic rings. The maximum atomic E-state index is 5.02. The first-order valence-electron chi connectivity index (χ1n) is 5.16. The third-order valence-corrected chi connectivity index (χ3v) is 3.26. The van der Waals surface area contributed by atoms with E-state index in [1.165, 1.54) is 0 Å². The minimum absolute atomic E-state index is 0.735. The monoisotopic (exact) mass is 234 g/mol. The summed E-state index contributed by atoms with van der Waals surface area (Å²) in [4.78, 5) is 9.12. The number of aromatic nitrogens is 2. The van der Waals surface area contributed by atoms with Gasteiger partial charge in [-0.3, -0.25) is 0 Å². The van der Waals surface area contributed by atoms with Crippen molar-refractivity contribution in [2.45, 2.75) is 11.9 Å². The Bertz CT molecular complexity index is 487. The normalized spacial score (nSPS) is 10.9. The molecule has 0 radical (unpaired) electrons. The van der Waals surface area contributed by atoms with E-state index in [0.29, 0.717) is 0 Å². The summed E-state index contributed by atoms with van der Waals surface area (Å²) >= 11 is 1.69. The molecule has 2 rings (SSSR count). The Hall–Kier alpha value is -1.13. The Morgan fingerprint density at radius 3 is 2.56 bits per heavy atom. The number of fused-ring (bicyclic) bond motifs is 1. The van der Waals surface area contributed by atoms with Gasteiger partial charge in [-0.2, -0.15) is 0 Å². The summed E-state index contributed by atoms with van der Waals surface area (Å²) in [6, 6.07) is 7.94. The molecule has 1 aromatic heterocycles. The van der Waals surface area contributed by atoms with E-state index in [1.54, 1.807) is 18.9 Å². The fourth-order valence-electron chi connectivity index (χ4n) is 1.43. The third kappa shape index (κ3) is 2.51. The predicted octanol–water partition coefficient (Wildman–Crippen LogP) is 2.68. The Morgan fingerprint density at radius 2 is 1.88 bits per heavy atom. The molecule has 0 bridgehead atoms. The predicted molar refractivity (Wildman–Crippen MR) is 66.9 cm³/mol. The molecule has 0 spiro atoms. The summed E-state index contributed by atoms with van der Waals surface area (Å²) < 4.78 is 5.02. The van der Waals surface area contributed by atoms with Crippen molar-refractivity contribution in [2.24, 2.45) is 0 Å². The van der Waals surface area contributed by atoms with Gasteiger partial charge in [-0.05, 0) is 19.1 Å². The second-order valence-electron chi connectivity index (χ2n) is 3.44. The van der Waals surface area contributed by atoms with Gasteiger partial charge in [0.25, 0.3) is 0 Å². The molecule has 0 aliphatic heterocycles. The minimum atomic E-state index is 0.735. The van der Waals surface area contributed by atoms with Crippen LogP contribution < -0.4 is 0 Å². The van der Waals surface area contributed by atoms with Crippen molar-refractivity contribution in [1.82, 2.24) is 9.97 Å². The zero-order valence-corrected chi connectivity index (χ0v) is 10.3. The highest BCUT2D eigenvalue weighted by molar-refractivity contribution is 7.99. The number of hydrogen-bond acceptors (Lipinski definition) is 4. The van der Waals surface area contributed by atoms with Gasteiger partial charge >= 0.3 is 0 Å². The Labute approximate surface area is 99.2 Å². The van der Waals surface area contributed by atoms with E-state index in [9.17, 15) is 0 Å².